The monoisotopic (exact) mass is 456 g/mol. The molecular formula is C22H24N4O3S2. The Morgan fingerprint density at radius 2 is 1.68 bits per heavy atom. The Balaban J connectivity index is 1.28. The van der Waals surface area contributed by atoms with Crippen molar-refractivity contribution in [2.24, 2.45) is 0 Å². The molecule has 1 amide bonds. The van der Waals surface area contributed by atoms with Gasteiger partial charge in [-0.3, -0.25) is 4.79 Å². The minimum atomic E-state index is -3.41. The van der Waals surface area contributed by atoms with Crippen molar-refractivity contribution in [3.05, 3.63) is 70.7 Å². The highest BCUT2D eigenvalue weighted by molar-refractivity contribution is 7.89. The van der Waals surface area contributed by atoms with E-state index in [9.17, 15) is 13.2 Å². The second-order valence-electron chi connectivity index (χ2n) is 7.47. The van der Waals surface area contributed by atoms with Gasteiger partial charge < -0.3 is 5.32 Å². The molecule has 0 unspecified atom stereocenters. The molecule has 0 saturated carbocycles. The number of aromatic nitrogens is 2. The molecule has 1 aromatic heterocycles. The van der Waals surface area contributed by atoms with Gasteiger partial charge in [-0.15, -0.1) is 10.2 Å². The van der Waals surface area contributed by atoms with Crippen LogP contribution in [0.5, 0.6) is 0 Å². The molecule has 31 heavy (non-hydrogen) atoms. The number of rotatable bonds is 8. The number of benzene rings is 2. The Labute approximate surface area is 186 Å². The van der Waals surface area contributed by atoms with Crippen LogP contribution in [0.25, 0.3) is 0 Å². The smallest absolute Gasteiger partial charge is 0.243 e. The average Bonchev–Trinajstić information content (AvgIpc) is 3.46. The molecule has 0 atom stereocenters. The molecule has 1 saturated heterocycles. The summed E-state index contributed by atoms with van der Waals surface area (Å²) in [5, 5.41) is 12.3. The highest BCUT2D eigenvalue weighted by Gasteiger charge is 2.26. The van der Waals surface area contributed by atoms with E-state index in [0.717, 1.165) is 29.0 Å². The topological polar surface area (TPSA) is 92.3 Å². The van der Waals surface area contributed by atoms with Crippen LogP contribution in [0.4, 0.5) is 5.13 Å². The second kappa shape index (κ2) is 9.67. The van der Waals surface area contributed by atoms with E-state index in [2.05, 4.69) is 15.5 Å². The van der Waals surface area contributed by atoms with Crippen molar-refractivity contribution >= 4 is 32.4 Å². The minimum Gasteiger partial charge on any atom is -0.301 e. The quantitative estimate of drug-likeness (QED) is 0.560. The van der Waals surface area contributed by atoms with E-state index in [-0.39, 0.29) is 12.3 Å². The molecule has 3 aromatic rings. The van der Waals surface area contributed by atoms with Gasteiger partial charge in [0.2, 0.25) is 21.1 Å². The van der Waals surface area contributed by atoms with Crippen molar-refractivity contribution in [1.29, 1.82) is 0 Å². The fourth-order valence-corrected chi connectivity index (χ4v) is 5.80. The van der Waals surface area contributed by atoms with Gasteiger partial charge in [-0.25, -0.2) is 8.42 Å². The van der Waals surface area contributed by atoms with Gasteiger partial charge in [0.15, 0.2) is 0 Å². The molecular weight excluding hydrogens is 432 g/mol. The number of anilines is 1. The van der Waals surface area contributed by atoms with E-state index >= 15 is 0 Å². The van der Waals surface area contributed by atoms with Crippen LogP contribution in [-0.2, 0) is 27.7 Å². The zero-order chi connectivity index (χ0) is 21.7. The van der Waals surface area contributed by atoms with Crippen molar-refractivity contribution in [1.82, 2.24) is 14.5 Å². The first-order valence-electron chi connectivity index (χ1n) is 10.3. The van der Waals surface area contributed by atoms with E-state index in [4.69, 9.17) is 0 Å². The third-order valence-electron chi connectivity index (χ3n) is 5.18. The number of carbonyl (C=O) groups is 1. The first-order chi connectivity index (χ1) is 15.0. The Hall–Kier alpha value is -2.62. The summed E-state index contributed by atoms with van der Waals surface area (Å²) in [6.07, 6.45) is 3.31. The van der Waals surface area contributed by atoms with Gasteiger partial charge in [-0.1, -0.05) is 53.8 Å². The molecule has 162 valence electrons. The van der Waals surface area contributed by atoms with E-state index in [1.165, 1.54) is 15.6 Å². The zero-order valence-corrected chi connectivity index (χ0v) is 18.7. The van der Waals surface area contributed by atoms with Crippen LogP contribution in [0.2, 0.25) is 0 Å². The second-order valence-corrected chi connectivity index (χ2v) is 10.5. The van der Waals surface area contributed by atoms with Gasteiger partial charge in [-0.05, 0) is 42.5 Å². The summed E-state index contributed by atoms with van der Waals surface area (Å²) < 4.78 is 26.7. The fourth-order valence-electron chi connectivity index (χ4n) is 3.49. The van der Waals surface area contributed by atoms with Crippen molar-refractivity contribution in [2.45, 2.75) is 37.0 Å². The number of nitrogens with one attached hydrogen (secondary N) is 1. The summed E-state index contributed by atoms with van der Waals surface area (Å²) in [4.78, 5) is 12.6. The van der Waals surface area contributed by atoms with Crippen molar-refractivity contribution in [3.63, 3.8) is 0 Å². The molecule has 1 fully saturated rings. The third kappa shape index (κ3) is 5.55. The Bertz CT molecular complexity index is 1120. The SMILES string of the molecule is O=C(CCc1ccc(S(=O)(=O)N2CCCC2)cc1)Nc1nnc(Cc2ccccc2)s1. The maximum atomic E-state index is 12.6. The van der Waals surface area contributed by atoms with Crippen LogP contribution in [-0.4, -0.2) is 41.9 Å². The minimum absolute atomic E-state index is 0.142. The van der Waals surface area contributed by atoms with Gasteiger partial charge in [0.05, 0.1) is 4.90 Å². The van der Waals surface area contributed by atoms with E-state index in [0.29, 0.717) is 36.0 Å². The highest BCUT2D eigenvalue weighted by atomic mass is 32.2. The number of carbonyl (C=O) groups excluding carboxylic acids is 1. The van der Waals surface area contributed by atoms with Crippen LogP contribution in [0.3, 0.4) is 0 Å². The van der Waals surface area contributed by atoms with Crippen LogP contribution >= 0.6 is 11.3 Å². The summed E-state index contributed by atoms with van der Waals surface area (Å²) in [6, 6.07) is 16.8. The Kier molecular flexibility index (Phi) is 6.74. The number of nitrogens with zero attached hydrogens (tertiary/aromatic N) is 3. The number of hydrogen-bond acceptors (Lipinski definition) is 6. The molecule has 9 heteroatoms. The summed E-state index contributed by atoms with van der Waals surface area (Å²) >= 11 is 1.37. The predicted octanol–water partition coefficient (Wildman–Crippen LogP) is 3.48. The lowest BCUT2D eigenvalue weighted by atomic mass is 10.1. The first kappa shape index (κ1) is 21.6. The predicted molar refractivity (Wildman–Crippen MR) is 121 cm³/mol. The molecule has 0 aliphatic carbocycles. The summed E-state index contributed by atoms with van der Waals surface area (Å²) in [6.45, 7) is 1.17. The van der Waals surface area contributed by atoms with Crippen molar-refractivity contribution in [3.8, 4) is 0 Å². The maximum absolute atomic E-state index is 12.6. The number of hydrogen-bond donors (Lipinski definition) is 1. The molecule has 0 radical (unpaired) electrons. The van der Waals surface area contributed by atoms with Gasteiger partial charge in [0.1, 0.15) is 5.01 Å². The lowest BCUT2D eigenvalue weighted by Gasteiger charge is -2.15. The summed E-state index contributed by atoms with van der Waals surface area (Å²) in [7, 11) is -3.41. The van der Waals surface area contributed by atoms with Crippen LogP contribution in [0.1, 0.15) is 35.4 Å². The highest BCUT2D eigenvalue weighted by Crippen LogP contribution is 2.22. The molecule has 0 spiro atoms. The molecule has 1 N–H and O–H groups in total. The van der Waals surface area contributed by atoms with Crippen LogP contribution in [0.15, 0.2) is 59.5 Å². The summed E-state index contributed by atoms with van der Waals surface area (Å²) in [5.41, 5.74) is 2.06. The fraction of sp³-hybridized carbons (Fsp3) is 0.318. The van der Waals surface area contributed by atoms with Gasteiger partial charge >= 0.3 is 0 Å². The van der Waals surface area contributed by atoms with Crippen molar-refractivity contribution < 1.29 is 13.2 Å². The molecule has 7 nitrogen and oxygen atoms in total. The maximum Gasteiger partial charge on any atom is 0.243 e. The molecule has 4 rings (SSSR count). The number of sulfonamides is 1. The lowest BCUT2D eigenvalue weighted by Crippen LogP contribution is -2.27. The molecule has 1 aliphatic heterocycles. The van der Waals surface area contributed by atoms with Gasteiger partial charge in [-0.2, -0.15) is 4.31 Å². The Morgan fingerprint density at radius 3 is 2.39 bits per heavy atom. The van der Waals surface area contributed by atoms with E-state index < -0.39 is 10.0 Å². The van der Waals surface area contributed by atoms with E-state index in [1.807, 2.05) is 30.3 Å². The zero-order valence-electron chi connectivity index (χ0n) is 17.0. The normalized spacial score (nSPS) is 14.6. The standard InChI is InChI=1S/C22H24N4O3S2/c27-20(23-22-25-24-21(30-22)16-18-6-2-1-3-7-18)13-10-17-8-11-19(12-9-17)31(28,29)26-14-4-5-15-26/h1-3,6-9,11-12H,4-5,10,13-16H2,(H,23,25,27). The van der Waals surface area contributed by atoms with Gasteiger partial charge in [0.25, 0.3) is 0 Å². The number of amides is 1. The first-order valence-corrected chi connectivity index (χ1v) is 12.5. The van der Waals surface area contributed by atoms with E-state index in [1.54, 1.807) is 24.3 Å². The third-order valence-corrected chi connectivity index (χ3v) is 7.93. The largest absolute Gasteiger partial charge is 0.301 e. The molecule has 0 bridgehead atoms. The van der Waals surface area contributed by atoms with Crippen LogP contribution in [0, 0.1) is 0 Å². The molecule has 1 aliphatic rings. The van der Waals surface area contributed by atoms with Crippen molar-refractivity contribution in [2.75, 3.05) is 18.4 Å². The molecule has 2 heterocycles. The average molecular weight is 457 g/mol. The lowest BCUT2D eigenvalue weighted by molar-refractivity contribution is -0.116. The number of aryl methyl sites for hydroxylation is 1. The molecule has 2 aromatic carbocycles. The summed E-state index contributed by atoms with van der Waals surface area (Å²) in [5.74, 6) is -0.142. The van der Waals surface area contributed by atoms with Crippen LogP contribution < -0.4 is 5.32 Å². The van der Waals surface area contributed by atoms with Gasteiger partial charge in [0, 0.05) is 25.9 Å². The Morgan fingerprint density at radius 1 is 0.968 bits per heavy atom.